The van der Waals surface area contributed by atoms with Gasteiger partial charge in [0.25, 0.3) is 0 Å². The van der Waals surface area contributed by atoms with E-state index in [4.69, 9.17) is 4.42 Å². The Balaban J connectivity index is 1.15. The first-order valence-corrected chi connectivity index (χ1v) is 18.8. The largest absolute Gasteiger partial charge is 0.455 e. The molecule has 1 aliphatic carbocycles. The minimum absolute atomic E-state index is 0.00675. The predicted octanol–water partition coefficient (Wildman–Crippen LogP) is 14.3. The van der Waals surface area contributed by atoms with Gasteiger partial charge in [-0.3, -0.25) is 0 Å². The molecule has 53 heavy (non-hydrogen) atoms. The molecule has 0 radical (unpaired) electrons. The highest BCUT2D eigenvalue weighted by Gasteiger charge is 2.57. The van der Waals surface area contributed by atoms with E-state index in [2.05, 4.69) is 186 Å². The number of hydrogen-bond acceptors (Lipinski definition) is 1. The maximum absolute atomic E-state index is 6.38. The first-order valence-electron chi connectivity index (χ1n) is 18.8. The Morgan fingerprint density at radius 1 is 0.415 bits per heavy atom. The van der Waals surface area contributed by atoms with Gasteiger partial charge in [-0.25, -0.2) is 0 Å². The fourth-order valence-corrected chi connectivity index (χ4v) is 9.28. The van der Waals surface area contributed by atoms with E-state index in [1.807, 2.05) is 12.1 Å². The molecule has 2 heteroatoms. The van der Waals surface area contributed by atoms with Crippen molar-refractivity contribution in [3.05, 3.63) is 163 Å². The maximum Gasteiger partial charge on any atom is 0.143 e. The molecular formula is C51H43NO. The van der Waals surface area contributed by atoms with Gasteiger partial charge in [0.15, 0.2) is 0 Å². The van der Waals surface area contributed by atoms with Gasteiger partial charge in [-0.2, -0.15) is 0 Å². The molecule has 10 rings (SSSR count). The molecule has 2 heterocycles. The van der Waals surface area contributed by atoms with Crippen LogP contribution in [0.3, 0.4) is 0 Å². The van der Waals surface area contributed by atoms with Gasteiger partial charge in [-0.1, -0.05) is 151 Å². The SMILES string of the molecule is CC1(C)c2cc3c4cc(-c5ccc(-c6cccc7c6oc6ccccc67)cc5)ccc4n(-c4cccc(-c5ccccc5)c4)c3cc2C(C)(C)C1(C)C. The summed E-state index contributed by atoms with van der Waals surface area (Å²) in [4.78, 5) is 0. The van der Waals surface area contributed by atoms with Crippen LogP contribution in [-0.4, -0.2) is 4.57 Å². The number of aromatic nitrogens is 1. The van der Waals surface area contributed by atoms with E-state index in [1.165, 1.54) is 60.9 Å². The average molecular weight is 686 g/mol. The standard InChI is InChI=1S/C51H43NO/c1-49(2)43-30-42-41-29-36(33-22-24-34(25-23-33)38-19-13-20-40-39-18-10-11-21-47(39)53-48(38)40)26-27-45(41)52(46(42)31-44(43)50(3,4)51(49,5)6)37-17-12-16-35(28-37)32-14-8-7-9-15-32/h7-31H,1-6H3. The second-order valence-electron chi connectivity index (χ2n) is 16.6. The number of nitrogens with zero attached hydrogens (tertiary/aromatic N) is 1. The Hall–Kier alpha value is -5.86. The molecular weight excluding hydrogens is 643 g/mol. The van der Waals surface area contributed by atoms with E-state index in [0.717, 1.165) is 33.1 Å². The van der Waals surface area contributed by atoms with Gasteiger partial charge in [-0.15, -0.1) is 0 Å². The zero-order valence-electron chi connectivity index (χ0n) is 31.3. The zero-order chi connectivity index (χ0) is 36.3. The number of fused-ring (bicyclic) bond motifs is 7. The molecule has 9 aromatic rings. The number of benzene rings is 7. The van der Waals surface area contributed by atoms with E-state index >= 15 is 0 Å². The highest BCUT2D eigenvalue weighted by atomic mass is 16.3. The van der Waals surface area contributed by atoms with Crippen LogP contribution in [0, 0.1) is 5.41 Å². The maximum atomic E-state index is 6.38. The first-order chi connectivity index (χ1) is 25.5. The fraction of sp³-hybridized carbons (Fsp3) is 0.176. The van der Waals surface area contributed by atoms with Crippen LogP contribution >= 0.6 is 0 Å². The van der Waals surface area contributed by atoms with E-state index in [1.54, 1.807) is 0 Å². The summed E-state index contributed by atoms with van der Waals surface area (Å²) in [5, 5.41) is 4.89. The van der Waals surface area contributed by atoms with E-state index in [-0.39, 0.29) is 16.2 Å². The topological polar surface area (TPSA) is 18.1 Å². The van der Waals surface area contributed by atoms with Crippen molar-refractivity contribution in [2.45, 2.75) is 52.4 Å². The number of hydrogen-bond donors (Lipinski definition) is 0. The summed E-state index contributed by atoms with van der Waals surface area (Å²) in [6.07, 6.45) is 0. The lowest BCUT2D eigenvalue weighted by Gasteiger charge is -2.44. The van der Waals surface area contributed by atoms with E-state index in [0.29, 0.717) is 0 Å². The Labute approximate surface area is 311 Å². The summed E-state index contributed by atoms with van der Waals surface area (Å²) in [6.45, 7) is 14.6. The lowest BCUT2D eigenvalue weighted by Crippen LogP contribution is -2.42. The van der Waals surface area contributed by atoms with Crippen LogP contribution < -0.4 is 0 Å². The second-order valence-corrected chi connectivity index (χ2v) is 16.6. The fourth-order valence-electron chi connectivity index (χ4n) is 9.28. The van der Waals surface area contributed by atoms with Crippen molar-refractivity contribution in [3.8, 4) is 39.1 Å². The van der Waals surface area contributed by atoms with Gasteiger partial charge in [0.05, 0.1) is 11.0 Å². The molecule has 1 aliphatic rings. The third-order valence-corrected chi connectivity index (χ3v) is 13.5. The van der Waals surface area contributed by atoms with Crippen LogP contribution in [0.1, 0.15) is 52.7 Å². The number of rotatable bonds is 4. The lowest BCUT2D eigenvalue weighted by molar-refractivity contribution is 0.125. The molecule has 2 aromatic heterocycles. The molecule has 0 spiro atoms. The van der Waals surface area contributed by atoms with Crippen molar-refractivity contribution in [2.24, 2.45) is 5.41 Å². The summed E-state index contributed by atoms with van der Waals surface area (Å²) >= 11 is 0. The second kappa shape index (κ2) is 11.1. The van der Waals surface area contributed by atoms with Crippen molar-refractivity contribution < 1.29 is 4.42 Å². The van der Waals surface area contributed by atoms with Crippen molar-refractivity contribution in [1.29, 1.82) is 0 Å². The van der Waals surface area contributed by atoms with Crippen molar-refractivity contribution in [3.63, 3.8) is 0 Å². The minimum atomic E-state index is 0.00675. The minimum Gasteiger partial charge on any atom is -0.455 e. The summed E-state index contributed by atoms with van der Waals surface area (Å²) in [7, 11) is 0. The van der Waals surface area contributed by atoms with Gasteiger partial charge < -0.3 is 8.98 Å². The third-order valence-electron chi connectivity index (χ3n) is 13.5. The average Bonchev–Trinajstić information content (AvgIpc) is 3.75. The number of para-hydroxylation sites is 2. The highest BCUT2D eigenvalue weighted by molar-refractivity contribution is 6.12. The van der Waals surface area contributed by atoms with Gasteiger partial charge in [0.2, 0.25) is 0 Å². The molecule has 7 aromatic carbocycles. The Morgan fingerprint density at radius 2 is 1.00 bits per heavy atom. The van der Waals surface area contributed by atoms with Crippen LogP contribution in [0.15, 0.2) is 156 Å². The van der Waals surface area contributed by atoms with Crippen molar-refractivity contribution in [2.75, 3.05) is 0 Å². The van der Waals surface area contributed by atoms with Gasteiger partial charge in [0, 0.05) is 32.8 Å². The first kappa shape index (κ1) is 31.8. The molecule has 0 atom stereocenters. The van der Waals surface area contributed by atoms with Crippen molar-refractivity contribution in [1.82, 2.24) is 4.57 Å². The highest BCUT2D eigenvalue weighted by Crippen LogP contribution is 2.62. The molecule has 0 unspecified atom stereocenters. The summed E-state index contributed by atoms with van der Waals surface area (Å²) in [6, 6.07) is 55.5. The molecule has 258 valence electrons. The van der Waals surface area contributed by atoms with Crippen LogP contribution in [0.2, 0.25) is 0 Å². The molecule has 0 amide bonds. The third kappa shape index (κ3) is 4.45. The Kier molecular flexibility index (Phi) is 6.65. The van der Waals surface area contributed by atoms with Crippen LogP contribution in [0.5, 0.6) is 0 Å². The smallest absolute Gasteiger partial charge is 0.143 e. The lowest BCUT2D eigenvalue weighted by atomic mass is 9.59. The van der Waals surface area contributed by atoms with E-state index < -0.39 is 0 Å². The van der Waals surface area contributed by atoms with Crippen LogP contribution in [0.4, 0.5) is 0 Å². The Morgan fingerprint density at radius 3 is 1.79 bits per heavy atom. The molecule has 0 saturated heterocycles. The Bertz CT molecular complexity index is 2900. The molecule has 0 N–H and O–H groups in total. The van der Waals surface area contributed by atoms with Crippen molar-refractivity contribution >= 4 is 43.7 Å². The monoisotopic (exact) mass is 685 g/mol. The van der Waals surface area contributed by atoms with Gasteiger partial charge in [-0.05, 0) is 97.7 Å². The molecule has 0 bridgehead atoms. The quantitative estimate of drug-likeness (QED) is 0.180. The molecule has 2 nitrogen and oxygen atoms in total. The number of furan rings is 1. The van der Waals surface area contributed by atoms with Gasteiger partial charge >= 0.3 is 0 Å². The normalized spacial score (nSPS) is 15.8. The summed E-state index contributed by atoms with van der Waals surface area (Å²) < 4.78 is 8.88. The summed E-state index contributed by atoms with van der Waals surface area (Å²) in [5.41, 5.74) is 15.7. The summed E-state index contributed by atoms with van der Waals surface area (Å²) in [5.74, 6) is 0. The predicted molar refractivity (Wildman–Crippen MR) is 224 cm³/mol. The molecule has 0 fully saturated rings. The zero-order valence-corrected chi connectivity index (χ0v) is 31.3. The van der Waals surface area contributed by atoms with Crippen LogP contribution in [-0.2, 0) is 10.8 Å². The van der Waals surface area contributed by atoms with Gasteiger partial charge in [0.1, 0.15) is 11.2 Å². The molecule has 0 saturated carbocycles. The molecule has 0 aliphatic heterocycles. The van der Waals surface area contributed by atoms with E-state index in [9.17, 15) is 0 Å². The van der Waals surface area contributed by atoms with Crippen LogP contribution in [0.25, 0.3) is 82.8 Å².